The van der Waals surface area contributed by atoms with E-state index in [9.17, 15) is 0 Å². The largest absolute Gasteiger partial charge is 0.391 e. The Kier molecular flexibility index (Phi) is 2.83. The number of hydrogen-bond donors (Lipinski definition) is 1. The Labute approximate surface area is 92.2 Å². The summed E-state index contributed by atoms with van der Waals surface area (Å²) in [6.07, 6.45) is 5.48. The van der Waals surface area contributed by atoms with Gasteiger partial charge in [-0.1, -0.05) is 0 Å². The van der Waals surface area contributed by atoms with Crippen LogP contribution in [0.4, 0.5) is 0 Å². The molecule has 0 saturated carbocycles. The fourth-order valence-corrected chi connectivity index (χ4v) is 1.99. The summed E-state index contributed by atoms with van der Waals surface area (Å²) in [5.41, 5.74) is 1.01. The average molecular weight is 223 g/mol. The first kappa shape index (κ1) is 10.3. The van der Waals surface area contributed by atoms with Gasteiger partial charge in [0.2, 0.25) is 0 Å². The predicted molar refractivity (Wildman–Crippen MR) is 59.6 cm³/mol. The smallest absolute Gasteiger partial charge is 0.126 e. The summed E-state index contributed by atoms with van der Waals surface area (Å²) in [7, 11) is 0. The molecular formula is C10H13N3OS. The highest BCUT2D eigenvalue weighted by atomic mass is 32.1. The molecular weight excluding hydrogens is 210 g/mol. The lowest BCUT2D eigenvalue weighted by Gasteiger charge is -2.02. The monoisotopic (exact) mass is 223 g/mol. The van der Waals surface area contributed by atoms with Gasteiger partial charge in [0.05, 0.1) is 17.7 Å². The summed E-state index contributed by atoms with van der Waals surface area (Å²) in [5.74, 6) is 0. The van der Waals surface area contributed by atoms with Crippen molar-refractivity contribution in [3.05, 3.63) is 23.5 Å². The molecule has 80 valence electrons. The molecule has 0 spiro atoms. The van der Waals surface area contributed by atoms with E-state index in [1.807, 2.05) is 10.9 Å². The van der Waals surface area contributed by atoms with Crippen LogP contribution in [0.25, 0.3) is 10.6 Å². The van der Waals surface area contributed by atoms with E-state index in [4.69, 9.17) is 5.11 Å². The highest BCUT2D eigenvalue weighted by molar-refractivity contribution is 7.15. The molecule has 0 amide bonds. The van der Waals surface area contributed by atoms with Crippen molar-refractivity contribution in [1.29, 1.82) is 0 Å². The standard InChI is InChI=1S/C10H13N3OS/c1-7(2)13-5-8(3-12-13)10-11-4-9(6-14)15-10/h3-5,7,14H,6H2,1-2H3. The van der Waals surface area contributed by atoms with Gasteiger partial charge < -0.3 is 5.11 Å². The third-order valence-corrected chi connectivity index (χ3v) is 3.12. The first-order valence-electron chi connectivity index (χ1n) is 4.81. The van der Waals surface area contributed by atoms with E-state index >= 15 is 0 Å². The normalized spacial score (nSPS) is 11.2. The van der Waals surface area contributed by atoms with Crippen molar-refractivity contribution in [3.63, 3.8) is 0 Å². The highest BCUT2D eigenvalue weighted by Gasteiger charge is 2.07. The number of aromatic nitrogens is 3. The van der Waals surface area contributed by atoms with Crippen LogP contribution >= 0.6 is 11.3 Å². The summed E-state index contributed by atoms with van der Waals surface area (Å²) in [5, 5.41) is 14.1. The molecule has 0 bridgehead atoms. The molecule has 0 aromatic carbocycles. The van der Waals surface area contributed by atoms with Gasteiger partial charge in [-0.3, -0.25) is 4.68 Å². The zero-order chi connectivity index (χ0) is 10.8. The molecule has 0 saturated heterocycles. The SMILES string of the molecule is CC(C)n1cc(-c2ncc(CO)s2)cn1. The van der Waals surface area contributed by atoms with Gasteiger partial charge in [0.15, 0.2) is 0 Å². The third kappa shape index (κ3) is 2.08. The van der Waals surface area contributed by atoms with Crippen LogP contribution in [0.1, 0.15) is 24.8 Å². The van der Waals surface area contributed by atoms with E-state index in [1.165, 1.54) is 11.3 Å². The molecule has 1 N–H and O–H groups in total. The van der Waals surface area contributed by atoms with Crippen molar-refractivity contribution in [2.24, 2.45) is 0 Å². The highest BCUT2D eigenvalue weighted by Crippen LogP contribution is 2.25. The van der Waals surface area contributed by atoms with Gasteiger partial charge in [-0.05, 0) is 13.8 Å². The van der Waals surface area contributed by atoms with Crippen molar-refractivity contribution in [1.82, 2.24) is 14.8 Å². The van der Waals surface area contributed by atoms with Crippen LogP contribution in [-0.2, 0) is 6.61 Å². The van der Waals surface area contributed by atoms with E-state index in [0.29, 0.717) is 6.04 Å². The Hall–Kier alpha value is -1.20. The Morgan fingerprint density at radius 3 is 2.80 bits per heavy atom. The maximum Gasteiger partial charge on any atom is 0.126 e. The number of rotatable bonds is 3. The Bertz CT molecular complexity index is 447. The van der Waals surface area contributed by atoms with Crippen LogP contribution < -0.4 is 0 Å². The fraction of sp³-hybridized carbons (Fsp3) is 0.400. The molecule has 0 unspecified atom stereocenters. The molecule has 15 heavy (non-hydrogen) atoms. The molecule has 2 aromatic rings. The Morgan fingerprint density at radius 1 is 1.47 bits per heavy atom. The summed E-state index contributed by atoms with van der Waals surface area (Å²) >= 11 is 1.50. The second-order valence-corrected chi connectivity index (χ2v) is 4.71. The van der Waals surface area contributed by atoms with Crippen molar-refractivity contribution in [3.8, 4) is 10.6 Å². The summed E-state index contributed by atoms with van der Waals surface area (Å²) in [6.45, 7) is 4.21. The van der Waals surface area contributed by atoms with E-state index in [0.717, 1.165) is 15.4 Å². The quantitative estimate of drug-likeness (QED) is 0.866. The first-order chi connectivity index (χ1) is 7.20. The van der Waals surface area contributed by atoms with Crippen LogP contribution in [-0.4, -0.2) is 19.9 Å². The van der Waals surface area contributed by atoms with Crippen LogP contribution in [0.3, 0.4) is 0 Å². The van der Waals surface area contributed by atoms with Crippen molar-refractivity contribution < 1.29 is 5.11 Å². The molecule has 2 heterocycles. The van der Waals surface area contributed by atoms with E-state index in [2.05, 4.69) is 23.9 Å². The fourth-order valence-electron chi connectivity index (χ4n) is 1.24. The lowest BCUT2D eigenvalue weighted by Crippen LogP contribution is -1.99. The maximum atomic E-state index is 8.94. The minimum Gasteiger partial charge on any atom is -0.391 e. The van der Waals surface area contributed by atoms with E-state index in [-0.39, 0.29) is 6.61 Å². The zero-order valence-electron chi connectivity index (χ0n) is 8.71. The number of thiazole rings is 1. The third-order valence-electron chi connectivity index (χ3n) is 2.09. The average Bonchev–Trinajstić information content (AvgIpc) is 2.86. The number of hydrogen-bond acceptors (Lipinski definition) is 4. The second kappa shape index (κ2) is 4.12. The molecule has 5 heteroatoms. The maximum absolute atomic E-state index is 8.94. The van der Waals surface area contributed by atoms with Gasteiger partial charge in [0, 0.05) is 24.0 Å². The van der Waals surface area contributed by atoms with Gasteiger partial charge in [0.1, 0.15) is 5.01 Å². The van der Waals surface area contributed by atoms with Crippen LogP contribution in [0.2, 0.25) is 0 Å². The summed E-state index contributed by atoms with van der Waals surface area (Å²) in [6, 6.07) is 0.357. The van der Waals surface area contributed by atoms with Crippen molar-refractivity contribution >= 4 is 11.3 Å². The molecule has 4 nitrogen and oxygen atoms in total. The Morgan fingerprint density at radius 2 is 2.27 bits per heavy atom. The first-order valence-corrected chi connectivity index (χ1v) is 5.62. The molecule has 0 aliphatic carbocycles. The lowest BCUT2D eigenvalue weighted by molar-refractivity contribution is 0.285. The number of aliphatic hydroxyl groups excluding tert-OH is 1. The van der Waals surface area contributed by atoms with Gasteiger partial charge in [0.25, 0.3) is 0 Å². The van der Waals surface area contributed by atoms with Crippen molar-refractivity contribution in [2.75, 3.05) is 0 Å². The molecule has 0 fully saturated rings. The summed E-state index contributed by atoms with van der Waals surface area (Å²) < 4.78 is 1.90. The van der Waals surface area contributed by atoms with Crippen LogP contribution in [0.5, 0.6) is 0 Å². The molecule has 0 radical (unpaired) electrons. The Balaban J connectivity index is 2.28. The van der Waals surface area contributed by atoms with Gasteiger partial charge in [-0.2, -0.15) is 5.10 Å². The molecule has 0 aliphatic heterocycles. The van der Waals surface area contributed by atoms with Crippen LogP contribution in [0.15, 0.2) is 18.6 Å². The zero-order valence-corrected chi connectivity index (χ0v) is 9.53. The lowest BCUT2D eigenvalue weighted by atomic mass is 10.4. The van der Waals surface area contributed by atoms with E-state index < -0.39 is 0 Å². The molecule has 0 aliphatic rings. The van der Waals surface area contributed by atoms with Crippen LogP contribution in [0, 0.1) is 0 Å². The second-order valence-electron chi connectivity index (χ2n) is 3.59. The van der Waals surface area contributed by atoms with Gasteiger partial charge >= 0.3 is 0 Å². The molecule has 2 aromatic heterocycles. The number of aliphatic hydroxyl groups is 1. The topological polar surface area (TPSA) is 50.9 Å². The predicted octanol–water partition coefficient (Wildman–Crippen LogP) is 2.08. The summed E-state index contributed by atoms with van der Waals surface area (Å²) in [4.78, 5) is 5.11. The molecule has 2 rings (SSSR count). The van der Waals surface area contributed by atoms with Gasteiger partial charge in [-0.25, -0.2) is 4.98 Å². The van der Waals surface area contributed by atoms with Crippen molar-refractivity contribution in [2.45, 2.75) is 26.5 Å². The van der Waals surface area contributed by atoms with Gasteiger partial charge in [-0.15, -0.1) is 11.3 Å². The molecule has 0 atom stereocenters. The van der Waals surface area contributed by atoms with E-state index in [1.54, 1.807) is 12.4 Å². The minimum absolute atomic E-state index is 0.0516. The number of nitrogens with zero attached hydrogens (tertiary/aromatic N) is 3. The minimum atomic E-state index is 0.0516.